The summed E-state index contributed by atoms with van der Waals surface area (Å²) in [6.07, 6.45) is 1.25. The van der Waals surface area contributed by atoms with E-state index in [-0.39, 0.29) is 17.5 Å². The largest absolute Gasteiger partial charge is 0.336 e. The molecular formula is C20H18FN3O. The Balaban J connectivity index is 1.85. The molecule has 1 aliphatic carbocycles. The predicted octanol–water partition coefficient (Wildman–Crippen LogP) is 4.52. The van der Waals surface area contributed by atoms with Crippen molar-refractivity contribution in [2.75, 3.05) is 5.32 Å². The van der Waals surface area contributed by atoms with Crippen molar-refractivity contribution in [2.45, 2.75) is 19.8 Å². The number of para-hydroxylation sites is 2. The van der Waals surface area contributed by atoms with E-state index in [1.165, 1.54) is 6.07 Å². The normalized spacial score (nSPS) is 16.6. The van der Waals surface area contributed by atoms with Gasteiger partial charge < -0.3 is 5.32 Å². The maximum atomic E-state index is 14.0. The predicted molar refractivity (Wildman–Crippen MR) is 95.1 cm³/mol. The van der Waals surface area contributed by atoms with Gasteiger partial charge in [0.2, 0.25) is 0 Å². The molecule has 0 fully saturated rings. The van der Waals surface area contributed by atoms with E-state index in [1.54, 1.807) is 22.9 Å². The number of benzene rings is 2. The first-order valence-corrected chi connectivity index (χ1v) is 8.35. The number of fused-ring (bicyclic) bond motifs is 1. The molecule has 0 saturated heterocycles. The number of carbonyl (C=O) groups excluding carboxylic acids is 1. The van der Waals surface area contributed by atoms with Crippen molar-refractivity contribution in [1.82, 2.24) is 9.78 Å². The van der Waals surface area contributed by atoms with Crippen molar-refractivity contribution in [3.63, 3.8) is 0 Å². The average Bonchev–Trinajstić information content (AvgIpc) is 2.96. The number of nitrogens with one attached hydrogen (secondary N) is 1. The number of carbonyl (C=O) groups is 1. The van der Waals surface area contributed by atoms with E-state index >= 15 is 0 Å². The maximum absolute atomic E-state index is 14.0. The van der Waals surface area contributed by atoms with Gasteiger partial charge in [-0.25, -0.2) is 9.07 Å². The van der Waals surface area contributed by atoms with E-state index in [9.17, 15) is 9.18 Å². The molecule has 4 nitrogen and oxygen atoms in total. The number of halogens is 1. The van der Waals surface area contributed by atoms with Crippen molar-refractivity contribution in [1.29, 1.82) is 0 Å². The van der Waals surface area contributed by atoms with E-state index in [4.69, 9.17) is 0 Å². The standard InChI is InChI=1S/C20H18FN3O/c1-13-11-17-19(18(25)12-13)20(22-16-10-6-5-9-15(16)21)23-24(17)14-7-3-2-4-8-14/h2-10,13H,11-12H2,1H3,(H,22,23). The molecule has 25 heavy (non-hydrogen) atoms. The number of hydrogen-bond acceptors (Lipinski definition) is 3. The molecule has 1 N–H and O–H groups in total. The zero-order chi connectivity index (χ0) is 17.4. The van der Waals surface area contributed by atoms with Crippen molar-refractivity contribution in [3.8, 4) is 5.69 Å². The molecule has 1 atom stereocenters. The molecule has 0 saturated carbocycles. The summed E-state index contributed by atoms with van der Waals surface area (Å²) in [6, 6.07) is 16.1. The number of hydrogen-bond donors (Lipinski definition) is 1. The van der Waals surface area contributed by atoms with Gasteiger partial charge in [-0.15, -0.1) is 5.10 Å². The molecule has 1 heterocycles. The van der Waals surface area contributed by atoms with Crippen LogP contribution in [0.3, 0.4) is 0 Å². The third kappa shape index (κ3) is 2.82. The van der Waals surface area contributed by atoms with Crippen LogP contribution in [0.5, 0.6) is 0 Å². The number of ketones is 1. The monoisotopic (exact) mass is 335 g/mol. The highest BCUT2D eigenvalue weighted by Crippen LogP contribution is 2.34. The second kappa shape index (κ2) is 6.16. The average molecular weight is 335 g/mol. The second-order valence-corrected chi connectivity index (χ2v) is 6.46. The van der Waals surface area contributed by atoms with E-state index in [2.05, 4.69) is 17.3 Å². The van der Waals surface area contributed by atoms with Gasteiger partial charge in [-0.1, -0.05) is 37.3 Å². The lowest BCUT2D eigenvalue weighted by Crippen LogP contribution is -2.19. The summed E-state index contributed by atoms with van der Waals surface area (Å²) in [5.74, 6) is 0.359. The van der Waals surface area contributed by atoms with E-state index in [1.807, 2.05) is 30.3 Å². The minimum atomic E-state index is -0.373. The number of Topliss-reactive ketones (excluding diaryl/α,β-unsaturated/α-hetero) is 1. The Morgan fingerprint density at radius 3 is 2.56 bits per heavy atom. The Kier molecular flexibility index (Phi) is 3.84. The van der Waals surface area contributed by atoms with Crippen LogP contribution in [0.1, 0.15) is 29.4 Å². The van der Waals surface area contributed by atoms with Crippen molar-refractivity contribution >= 4 is 17.3 Å². The van der Waals surface area contributed by atoms with Gasteiger partial charge in [0.25, 0.3) is 0 Å². The van der Waals surface area contributed by atoms with E-state index in [0.717, 1.165) is 17.8 Å². The Hall–Kier alpha value is -2.95. The summed E-state index contributed by atoms with van der Waals surface area (Å²) in [4.78, 5) is 12.6. The summed E-state index contributed by atoms with van der Waals surface area (Å²) in [5, 5.41) is 7.61. The van der Waals surface area contributed by atoms with Crippen LogP contribution in [-0.4, -0.2) is 15.6 Å². The van der Waals surface area contributed by atoms with E-state index < -0.39 is 0 Å². The lowest BCUT2D eigenvalue weighted by Gasteiger charge is -2.19. The van der Waals surface area contributed by atoms with Crippen LogP contribution >= 0.6 is 0 Å². The Bertz CT molecular complexity index is 933. The minimum Gasteiger partial charge on any atom is -0.336 e. The van der Waals surface area contributed by atoms with Gasteiger partial charge in [0.05, 0.1) is 22.6 Å². The fourth-order valence-corrected chi connectivity index (χ4v) is 3.32. The van der Waals surface area contributed by atoms with Crippen LogP contribution in [0.15, 0.2) is 54.6 Å². The molecule has 0 bridgehead atoms. The third-order valence-electron chi connectivity index (χ3n) is 4.46. The summed E-state index contributed by atoms with van der Waals surface area (Å²) in [5.41, 5.74) is 2.66. The van der Waals surface area contributed by atoms with Crippen LogP contribution < -0.4 is 5.32 Å². The molecule has 4 rings (SSSR count). The molecule has 0 amide bonds. The SMILES string of the molecule is CC1CC(=O)c2c(Nc3ccccc3F)nn(-c3ccccc3)c2C1. The summed E-state index contributed by atoms with van der Waals surface area (Å²) in [6.45, 7) is 2.06. The third-order valence-corrected chi connectivity index (χ3v) is 4.46. The second-order valence-electron chi connectivity index (χ2n) is 6.46. The van der Waals surface area contributed by atoms with Gasteiger partial charge >= 0.3 is 0 Å². The minimum absolute atomic E-state index is 0.0507. The van der Waals surface area contributed by atoms with Crippen molar-refractivity contribution in [3.05, 3.63) is 71.7 Å². The molecular weight excluding hydrogens is 317 g/mol. The van der Waals surface area contributed by atoms with Gasteiger partial charge in [0, 0.05) is 6.42 Å². The van der Waals surface area contributed by atoms with Gasteiger partial charge in [0.15, 0.2) is 11.6 Å². The lowest BCUT2D eigenvalue weighted by atomic mass is 9.87. The number of rotatable bonds is 3. The molecule has 2 aromatic carbocycles. The van der Waals surface area contributed by atoms with Crippen molar-refractivity contribution in [2.24, 2.45) is 5.92 Å². The smallest absolute Gasteiger partial charge is 0.168 e. The van der Waals surface area contributed by atoms with Crippen LogP contribution in [0.2, 0.25) is 0 Å². The van der Waals surface area contributed by atoms with E-state index in [0.29, 0.717) is 23.5 Å². The first-order valence-electron chi connectivity index (χ1n) is 8.35. The highest BCUT2D eigenvalue weighted by molar-refractivity contribution is 6.03. The molecule has 3 aromatic rings. The lowest BCUT2D eigenvalue weighted by molar-refractivity contribution is 0.0953. The molecule has 1 unspecified atom stereocenters. The fourth-order valence-electron chi connectivity index (χ4n) is 3.32. The molecule has 0 aliphatic heterocycles. The Morgan fingerprint density at radius 1 is 1.08 bits per heavy atom. The van der Waals surface area contributed by atoms with Crippen molar-refractivity contribution < 1.29 is 9.18 Å². The van der Waals surface area contributed by atoms with Gasteiger partial charge in [-0.3, -0.25) is 4.79 Å². The zero-order valence-corrected chi connectivity index (χ0v) is 13.9. The van der Waals surface area contributed by atoms with Crippen LogP contribution in [-0.2, 0) is 6.42 Å². The van der Waals surface area contributed by atoms with Crippen LogP contribution in [0.25, 0.3) is 5.69 Å². The number of anilines is 2. The van der Waals surface area contributed by atoms with Crippen LogP contribution in [0, 0.1) is 11.7 Å². The number of aromatic nitrogens is 2. The highest BCUT2D eigenvalue weighted by atomic mass is 19.1. The van der Waals surface area contributed by atoms with Gasteiger partial charge in [-0.05, 0) is 36.6 Å². The first kappa shape index (κ1) is 15.6. The quantitative estimate of drug-likeness (QED) is 0.765. The molecule has 5 heteroatoms. The van der Waals surface area contributed by atoms with Crippen LogP contribution in [0.4, 0.5) is 15.9 Å². The first-order chi connectivity index (χ1) is 12.1. The fraction of sp³-hybridized carbons (Fsp3) is 0.200. The molecule has 1 aromatic heterocycles. The molecule has 126 valence electrons. The zero-order valence-electron chi connectivity index (χ0n) is 13.9. The molecule has 1 aliphatic rings. The molecule has 0 radical (unpaired) electrons. The Morgan fingerprint density at radius 2 is 1.80 bits per heavy atom. The maximum Gasteiger partial charge on any atom is 0.168 e. The Labute approximate surface area is 145 Å². The summed E-state index contributed by atoms with van der Waals surface area (Å²) >= 11 is 0. The van der Waals surface area contributed by atoms with Gasteiger partial charge in [-0.2, -0.15) is 0 Å². The molecule has 0 spiro atoms. The summed E-state index contributed by atoms with van der Waals surface area (Å²) < 4.78 is 15.8. The van der Waals surface area contributed by atoms with Gasteiger partial charge in [0.1, 0.15) is 5.82 Å². The highest BCUT2D eigenvalue weighted by Gasteiger charge is 2.31. The topological polar surface area (TPSA) is 46.9 Å². The summed E-state index contributed by atoms with van der Waals surface area (Å²) in [7, 11) is 0. The number of nitrogens with zero attached hydrogens (tertiary/aromatic N) is 2.